The van der Waals surface area contributed by atoms with Crippen LogP contribution >= 0.6 is 11.6 Å². The molecule has 0 heterocycles. The monoisotopic (exact) mass is 320 g/mol. The topological polar surface area (TPSA) is 55.2 Å². The van der Waals surface area contributed by atoms with Crippen LogP contribution in [0.2, 0.25) is 0 Å². The van der Waals surface area contributed by atoms with Crippen molar-refractivity contribution in [2.45, 2.75) is 43.4 Å². The first kappa shape index (κ1) is 14.3. The maximum Gasteiger partial charge on any atom is 0.271 e. The molecule has 4 aliphatic rings. The molecule has 1 aromatic carbocycles. The SMILES string of the molecule is O=[N+]([O-])c1cccc(NCC23CC4CC(CC(Cl)(C4)C2)C3)c1. The van der Waals surface area contributed by atoms with Crippen molar-refractivity contribution < 1.29 is 4.92 Å². The Morgan fingerprint density at radius 2 is 2.00 bits per heavy atom. The predicted molar refractivity (Wildman–Crippen MR) is 87.3 cm³/mol. The molecular formula is C17H21ClN2O2. The van der Waals surface area contributed by atoms with E-state index >= 15 is 0 Å². The predicted octanol–water partition coefficient (Wildman–Crippen LogP) is 4.58. The lowest BCUT2D eigenvalue weighted by molar-refractivity contribution is -0.384. The van der Waals surface area contributed by atoms with Crippen molar-refractivity contribution in [2.24, 2.45) is 17.3 Å². The lowest BCUT2D eigenvalue weighted by Gasteiger charge is -2.60. The third-order valence-corrected chi connectivity index (χ3v) is 6.28. The molecule has 5 rings (SSSR count). The van der Waals surface area contributed by atoms with Gasteiger partial charge in [-0.1, -0.05) is 6.07 Å². The zero-order valence-electron chi connectivity index (χ0n) is 12.6. The molecule has 5 heteroatoms. The van der Waals surface area contributed by atoms with E-state index in [1.54, 1.807) is 12.1 Å². The number of halogens is 1. The fourth-order valence-electron chi connectivity index (χ4n) is 5.56. The second kappa shape index (κ2) is 4.85. The number of nitro benzene ring substituents is 1. The molecule has 22 heavy (non-hydrogen) atoms. The summed E-state index contributed by atoms with van der Waals surface area (Å²) in [6.45, 7) is 0.885. The van der Waals surface area contributed by atoms with Crippen LogP contribution in [0.3, 0.4) is 0 Å². The first-order valence-electron chi connectivity index (χ1n) is 8.13. The Hall–Kier alpha value is -1.29. The van der Waals surface area contributed by atoms with Gasteiger partial charge in [0.1, 0.15) is 0 Å². The Bertz CT molecular complexity index is 604. The van der Waals surface area contributed by atoms with E-state index in [9.17, 15) is 10.1 Å². The summed E-state index contributed by atoms with van der Waals surface area (Å²) in [6.07, 6.45) is 7.34. The summed E-state index contributed by atoms with van der Waals surface area (Å²) in [5, 5.41) is 14.3. The van der Waals surface area contributed by atoms with Gasteiger partial charge in [-0.05, 0) is 61.8 Å². The number of nitrogens with zero attached hydrogens (tertiary/aromatic N) is 1. The van der Waals surface area contributed by atoms with Crippen LogP contribution < -0.4 is 5.32 Å². The number of non-ortho nitro benzene ring substituents is 1. The zero-order valence-corrected chi connectivity index (χ0v) is 13.3. The number of rotatable bonds is 4. The van der Waals surface area contributed by atoms with Gasteiger partial charge in [0.2, 0.25) is 0 Å². The Labute approximate surface area is 135 Å². The van der Waals surface area contributed by atoms with Crippen LogP contribution in [0, 0.1) is 27.4 Å². The fourth-order valence-corrected chi connectivity index (χ4v) is 6.28. The van der Waals surface area contributed by atoms with E-state index in [0.717, 1.165) is 30.5 Å². The first-order valence-corrected chi connectivity index (χ1v) is 8.50. The van der Waals surface area contributed by atoms with Crippen LogP contribution in [-0.2, 0) is 0 Å². The second-order valence-corrected chi connectivity index (χ2v) is 8.57. The molecule has 4 saturated carbocycles. The van der Waals surface area contributed by atoms with E-state index in [4.69, 9.17) is 11.6 Å². The van der Waals surface area contributed by atoms with Crippen molar-refractivity contribution in [3.05, 3.63) is 34.4 Å². The minimum absolute atomic E-state index is 0.0223. The summed E-state index contributed by atoms with van der Waals surface area (Å²) in [6, 6.07) is 6.80. The van der Waals surface area contributed by atoms with Crippen molar-refractivity contribution in [1.82, 2.24) is 0 Å². The average Bonchev–Trinajstić information content (AvgIpc) is 2.43. The lowest BCUT2D eigenvalue weighted by atomic mass is 9.49. The third-order valence-electron chi connectivity index (χ3n) is 5.84. The summed E-state index contributed by atoms with van der Waals surface area (Å²) in [5.74, 6) is 1.57. The molecule has 4 fully saturated rings. The number of nitro groups is 1. The van der Waals surface area contributed by atoms with Crippen LogP contribution in [0.4, 0.5) is 11.4 Å². The fraction of sp³-hybridized carbons (Fsp3) is 0.647. The van der Waals surface area contributed by atoms with Gasteiger partial charge in [0.25, 0.3) is 5.69 Å². The number of hydrogen-bond donors (Lipinski definition) is 1. The molecule has 0 spiro atoms. The number of benzene rings is 1. The molecule has 0 radical (unpaired) electrons. The summed E-state index contributed by atoms with van der Waals surface area (Å²) >= 11 is 6.85. The second-order valence-electron chi connectivity index (χ2n) is 7.77. The molecule has 0 amide bonds. The maximum absolute atomic E-state index is 10.9. The highest BCUT2D eigenvalue weighted by molar-refractivity contribution is 6.24. The quantitative estimate of drug-likeness (QED) is 0.501. The summed E-state index contributed by atoms with van der Waals surface area (Å²) in [7, 11) is 0. The molecule has 118 valence electrons. The summed E-state index contributed by atoms with van der Waals surface area (Å²) in [5.41, 5.74) is 1.27. The number of nitrogens with one attached hydrogen (secondary N) is 1. The van der Waals surface area contributed by atoms with E-state index in [2.05, 4.69) is 5.32 Å². The molecule has 0 aliphatic heterocycles. The van der Waals surface area contributed by atoms with E-state index in [1.165, 1.54) is 38.2 Å². The molecule has 2 unspecified atom stereocenters. The standard InChI is InChI=1S/C17H21ClN2O2/c18-17-8-12-4-13(9-17)7-16(6-12,10-17)11-19-14-2-1-3-15(5-14)20(21)22/h1-3,5,12-13,19H,4,6-11H2. The zero-order chi connectivity index (χ0) is 15.4. The van der Waals surface area contributed by atoms with Crippen molar-refractivity contribution in [1.29, 1.82) is 0 Å². The third kappa shape index (κ3) is 2.47. The molecule has 1 aromatic rings. The van der Waals surface area contributed by atoms with Crippen LogP contribution in [0.15, 0.2) is 24.3 Å². The molecule has 4 aliphatic carbocycles. The first-order chi connectivity index (χ1) is 10.5. The Kier molecular flexibility index (Phi) is 3.16. The Morgan fingerprint density at radius 3 is 2.64 bits per heavy atom. The minimum atomic E-state index is -0.344. The molecule has 2 atom stereocenters. The molecule has 4 bridgehead atoms. The largest absolute Gasteiger partial charge is 0.384 e. The van der Waals surface area contributed by atoms with E-state index in [-0.39, 0.29) is 20.9 Å². The minimum Gasteiger partial charge on any atom is -0.384 e. The summed E-state index contributed by atoms with van der Waals surface area (Å²) < 4.78 is 0. The van der Waals surface area contributed by atoms with Gasteiger partial charge in [-0.25, -0.2) is 0 Å². The molecule has 1 N–H and O–H groups in total. The highest BCUT2D eigenvalue weighted by atomic mass is 35.5. The van der Waals surface area contributed by atoms with Gasteiger partial charge in [0, 0.05) is 29.2 Å². The van der Waals surface area contributed by atoms with Gasteiger partial charge in [-0.2, -0.15) is 0 Å². The molecular weight excluding hydrogens is 300 g/mol. The highest BCUT2D eigenvalue weighted by Gasteiger charge is 2.56. The molecule has 0 saturated heterocycles. The maximum atomic E-state index is 10.9. The Morgan fingerprint density at radius 1 is 1.27 bits per heavy atom. The van der Waals surface area contributed by atoms with Crippen LogP contribution in [0.5, 0.6) is 0 Å². The van der Waals surface area contributed by atoms with E-state index in [0.29, 0.717) is 0 Å². The van der Waals surface area contributed by atoms with Crippen LogP contribution in [0.1, 0.15) is 38.5 Å². The van der Waals surface area contributed by atoms with Gasteiger partial charge < -0.3 is 5.32 Å². The van der Waals surface area contributed by atoms with Gasteiger partial charge in [-0.3, -0.25) is 10.1 Å². The highest BCUT2D eigenvalue weighted by Crippen LogP contribution is 2.63. The van der Waals surface area contributed by atoms with Crippen molar-refractivity contribution in [2.75, 3.05) is 11.9 Å². The van der Waals surface area contributed by atoms with E-state index in [1.807, 2.05) is 6.07 Å². The van der Waals surface area contributed by atoms with Crippen molar-refractivity contribution in [3.63, 3.8) is 0 Å². The van der Waals surface area contributed by atoms with Crippen molar-refractivity contribution >= 4 is 23.0 Å². The Balaban J connectivity index is 1.50. The normalized spacial score (nSPS) is 39.0. The van der Waals surface area contributed by atoms with Gasteiger partial charge in [0.05, 0.1) is 4.92 Å². The average molecular weight is 321 g/mol. The van der Waals surface area contributed by atoms with Crippen LogP contribution in [-0.4, -0.2) is 16.3 Å². The number of anilines is 1. The van der Waals surface area contributed by atoms with Crippen LogP contribution in [0.25, 0.3) is 0 Å². The van der Waals surface area contributed by atoms with Gasteiger partial charge in [0.15, 0.2) is 0 Å². The number of hydrogen-bond acceptors (Lipinski definition) is 3. The molecule has 4 nitrogen and oxygen atoms in total. The molecule has 0 aromatic heterocycles. The van der Waals surface area contributed by atoms with Gasteiger partial charge >= 0.3 is 0 Å². The smallest absolute Gasteiger partial charge is 0.271 e. The van der Waals surface area contributed by atoms with E-state index < -0.39 is 0 Å². The van der Waals surface area contributed by atoms with Crippen molar-refractivity contribution in [3.8, 4) is 0 Å². The van der Waals surface area contributed by atoms with Gasteiger partial charge in [-0.15, -0.1) is 11.6 Å². The number of alkyl halides is 1. The lowest BCUT2D eigenvalue weighted by Crippen LogP contribution is -2.55. The summed E-state index contributed by atoms with van der Waals surface area (Å²) in [4.78, 5) is 10.6.